The van der Waals surface area contributed by atoms with Crippen molar-refractivity contribution in [1.82, 2.24) is 14.7 Å². The van der Waals surface area contributed by atoms with Crippen LogP contribution in [0.3, 0.4) is 0 Å². The van der Waals surface area contributed by atoms with Crippen LogP contribution in [0.2, 0.25) is 0 Å². The molecule has 0 spiro atoms. The van der Waals surface area contributed by atoms with Crippen molar-refractivity contribution in [2.45, 2.75) is 26.2 Å². The van der Waals surface area contributed by atoms with E-state index in [1.54, 1.807) is 0 Å². The normalized spacial score (nSPS) is 19.3. The number of carbonyl (C=O) groups excluding carboxylic acids is 2. The molecular weight excluding hydrogens is 328 g/mol. The minimum absolute atomic E-state index is 0.0201. The van der Waals surface area contributed by atoms with Gasteiger partial charge in [0.15, 0.2) is 0 Å². The Labute approximate surface area is 156 Å². The average Bonchev–Trinajstić information content (AvgIpc) is 2.66. The van der Waals surface area contributed by atoms with Gasteiger partial charge in [0.1, 0.15) is 0 Å². The fourth-order valence-electron chi connectivity index (χ4n) is 3.58. The monoisotopic (exact) mass is 358 g/mol. The fourth-order valence-corrected chi connectivity index (χ4v) is 3.58. The van der Waals surface area contributed by atoms with Crippen LogP contribution in [0.15, 0.2) is 24.3 Å². The van der Waals surface area contributed by atoms with Gasteiger partial charge in [-0.05, 0) is 38.3 Å². The van der Waals surface area contributed by atoms with Gasteiger partial charge in [0.2, 0.25) is 11.8 Å². The van der Waals surface area contributed by atoms with E-state index >= 15 is 0 Å². The number of hydrogen-bond acceptors (Lipinski definition) is 4. The number of benzene rings is 1. The van der Waals surface area contributed by atoms with Crippen LogP contribution in [0.25, 0.3) is 0 Å². The lowest BCUT2D eigenvalue weighted by atomic mass is 10.1. The van der Waals surface area contributed by atoms with E-state index in [-0.39, 0.29) is 11.8 Å². The van der Waals surface area contributed by atoms with Gasteiger partial charge < -0.3 is 10.2 Å². The summed E-state index contributed by atoms with van der Waals surface area (Å²) in [5.41, 5.74) is 2.02. The molecule has 2 saturated heterocycles. The molecule has 0 aliphatic carbocycles. The Balaban J connectivity index is 1.37. The van der Waals surface area contributed by atoms with Crippen LogP contribution < -0.4 is 5.32 Å². The number of nitrogens with one attached hydrogen (secondary N) is 1. The van der Waals surface area contributed by atoms with Crippen molar-refractivity contribution >= 4 is 17.5 Å². The standard InChI is InChI=1S/C20H30N4O2/c1-17-5-7-18(8-6-17)21-19(25)15-22-11-13-23(14-12-22)16-20(26)24-9-3-2-4-10-24/h5-8H,2-4,9-16H2,1H3,(H,21,25). The number of aryl methyl sites for hydroxylation is 1. The summed E-state index contributed by atoms with van der Waals surface area (Å²) in [4.78, 5) is 30.9. The van der Waals surface area contributed by atoms with Gasteiger partial charge in [0.25, 0.3) is 0 Å². The Morgan fingerprint density at radius 1 is 0.846 bits per heavy atom. The fraction of sp³-hybridized carbons (Fsp3) is 0.600. The SMILES string of the molecule is Cc1ccc(NC(=O)CN2CCN(CC(=O)N3CCCCC3)CC2)cc1. The predicted octanol–water partition coefficient (Wildman–Crippen LogP) is 1.56. The van der Waals surface area contributed by atoms with Crippen LogP contribution in [0.1, 0.15) is 24.8 Å². The zero-order valence-electron chi connectivity index (χ0n) is 15.7. The van der Waals surface area contributed by atoms with Crippen molar-refractivity contribution < 1.29 is 9.59 Å². The minimum Gasteiger partial charge on any atom is -0.342 e. The van der Waals surface area contributed by atoms with E-state index in [0.29, 0.717) is 13.1 Å². The highest BCUT2D eigenvalue weighted by atomic mass is 16.2. The summed E-state index contributed by atoms with van der Waals surface area (Å²) in [5, 5.41) is 2.95. The zero-order valence-corrected chi connectivity index (χ0v) is 15.7. The number of carbonyl (C=O) groups is 2. The number of piperidine rings is 1. The maximum absolute atomic E-state index is 12.4. The molecule has 0 unspecified atom stereocenters. The van der Waals surface area contributed by atoms with Crippen molar-refractivity contribution in [2.24, 2.45) is 0 Å². The summed E-state index contributed by atoms with van der Waals surface area (Å²) >= 11 is 0. The zero-order chi connectivity index (χ0) is 18.4. The lowest BCUT2D eigenvalue weighted by Crippen LogP contribution is -2.51. The molecule has 2 aliphatic rings. The maximum atomic E-state index is 12.4. The van der Waals surface area contributed by atoms with Gasteiger partial charge in [-0.2, -0.15) is 0 Å². The molecule has 0 aromatic heterocycles. The molecule has 142 valence electrons. The van der Waals surface area contributed by atoms with Crippen molar-refractivity contribution in [2.75, 3.05) is 57.7 Å². The molecule has 0 atom stereocenters. The number of amides is 2. The summed E-state index contributed by atoms with van der Waals surface area (Å²) in [6.07, 6.45) is 3.51. The molecule has 1 aromatic carbocycles. The first-order chi connectivity index (χ1) is 12.6. The smallest absolute Gasteiger partial charge is 0.238 e. The van der Waals surface area contributed by atoms with Crippen LogP contribution in [-0.2, 0) is 9.59 Å². The Bertz CT molecular complexity index is 603. The van der Waals surface area contributed by atoms with Crippen LogP contribution in [-0.4, -0.2) is 78.9 Å². The van der Waals surface area contributed by atoms with E-state index in [1.807, 2.05) is 36.1 Å². The van der Waals surface area contributed by atoms with E-state index in [9.17, 15) is 9.59 Å². The first-order valence-corrected chi connectivity index (χ1v) is 9.69. The van der Waals surface area contributed by atoms with Gasteiger partial charge in [-0.3, -0.25) is 19.4 Å². The molecule has 1 aromatic rings. The van der Waals surface area contributed by atoms with E-state index in [2.05, 4.69) is 15.1 Å². The number of nitrogens with zero attached hydrogens (tertiary/aromatic N) is 3. The molecule has 0 bridgehead atoms. The van der Waals surface area contributed by atoms with E-state index in [0.717, 1.165) is 57.8 Å². The first kappa shape index (κ1) is 18.9. The number of hydrogen-bond donors (Lipinski definition) is 1. The highest BCUT2D eigenvalue weighted by Gasteiger charge is 2.23. The van der Waals surface area contributed by atoms with Crippen LogP contribution >= 0.6 is 0 Å². The molecule has 0 saturated carbocycles. The summed E-state index contributed by atoms with van der Waals surface area (Å²) in [6, 6.07) is 7.84. The maximum Gasteiger partial charge on any atom is 0.238 e. The molecule has 1 N–H and O–H groups in total. The topological polar surface area (TPSA) is 55.9 Å². The third-order valence-corrected chi connectivity index (χ3v) is 5.24. The van der Waals surface area contributed by atoms with Gasteiger partial charge in [0, 0.05) is 45.0 Å². The molecule has 2 aliphatic heterocycles. The van der Waals surface area contributed by atoms with Crippen molar-refractivity contribution in [3.63, 3.8) is 0 Å². The third kappa shape index (κ3) is 5.54. The van der Waals surface area contributed by atoms with Crippen molar-refractivity contribution in [1.29, 1.82) is 0 Å². The molecule has 0 radical (unpaired) electrons. The second kappa shape index (κ2) is 9.14. The Morgan fingerprint density at radius 3 is 2.04 bits per heavy atom. The number of anilines is 1. The number of likely N-dealkylation sites (tertiary alicyclic amines) is 1. The molecule has 3 rings (SSSR count). The van der Waals surface area contributed by atoms with Gasteiger partial charge >= 0.3 is 0 Å². The molecule has 2 heterocycles. The number of piperazine rings is 1. The molecule has 2 amide bonds. The Morgan fingerprint density at radius 2 is 1.42 bits per heavy atom. The summed E-state index contributed by atoms with van der Waals surface area (Å²) in [5.74, 6) is 0.280. The van der Waals surface area contributed by atoms with Crippen molar-refractivity contribution in [3.05, 3.63) is 29.8 Å². The third-order valence-electron chi connectivity index (χ3n) is 5.24. The highest BCUT2D eigenvalue weighted by Crippen LogP contribution is 2.11. The second-order valence-electron chi connectivity index (χ2n) is 7.41. The largest absolute Gasteiger partial charge is 0.342 e. The molecule has 2 fully saturated rings. The van der Waals surface area contributed by atoms with Crippen LogP contribution in [0.5, 0.6) is 0 Å². The summed E-state index contributed by atoms with van der Waals surface area (Å²) < 4.78 is 0. The molecule has 6 heteroatoms. The van der Waals surface area contributed by atoms with Crippen LogP contribution in [0, 0.1) is 6.92 Å². The van der Waals surface area contributed by atoms with Gasteiger partial charge in [-0.15, -0.1) is 0 Å². The van der Waals surface area contributed by atoms with E-state index in [4.69, 9.17) is 0 Å². The second-order valence-corrected chi connectivity index (χ2v) is 7.41. The minimum atomic E-state index is 0.0201. The van der Waals surface area contributed by atoms with Crippen molar-refractivity contribution in [3.8, 4) is 0 Å². The molecular formula is C20H30N4O2. The number of rotatable bonds is 5. The average molecular weight is 358 g/mol. The van der Waals surface area contributed by atoms with Gasteiger partial charge in [-0.25, -0.2) is 0 Å². The Kier molecular flexibility index (Phi) is 6.63. The molecule has 26 heavy (non-hydrogen) atoms. The predicted molar refractivity (Wildman–Crippen MR) is 103 cm³/mol. The summed E-state index contributed by atoms with van der Waals surface area (Å²) in [6.45, 7) is 8.13. The quantitative estimate of drug-likeness (QED) is 0.868. The highest BCUT2D eigenvalue weighted by molar-refractivity contribution is 5.92. The van der Waals surface area contributed by atoms with Gasteiger partial charge in [0.05, 0.1) is 13.1 Å². The lowest BCUT2D eigenvalue weighted by molar-refractivity contribution is -0.134. The molecule has 6 nitrogen and oxygen atoms in total. The van der Waals surface area contributed by atoms with E-state index in [1.165, 1.54) is 12.0 Å². The summed E-state index contributed by atoms with van der Waals surface area (Å²) in [7, 11) is 0. The van der Waals surface area contributed by atoms with E-state index < -0.39 is 0 Å². The Hall–Kier alpha value is -1.92. The van der Waals surface area contributed by atoms with Crippen LogP contribution in [0.4, 0.5) is 5.69 Å². The lowest BCUT2D eigenvalue weighted by Gasteiger charge is -2.35. The van der Waals surface area contributed by atoms with Gasteiger partial charge in [-0.1, -0.05) is 17.7 Å². The first-order valence-electron chi connectivity index (χ1n) is 9.69.